The molecule has 0 aliphatic heterocycles. The van der Waals surface area contributed by atoms with Gasteiger partial charge in [-0.3, -0.25) is 4.79 Å². The van der Waals surface area contributed by atoms with Gasteiger partial charge in [-0.05, 0) is 117 Å². The summed E-state index contributed by atoms with van der Waals surface area (Å²) in [5.41, 5.74) is 2.14. The molecular weight excluding hydrogens is 342 g/mol. The van der Waals surface area contributed by atoms with E-state index in [9.17, 15) is 4.79 Å². The molecule has 0 aromatic rings. The van der Waals surface area contributed by atoms with Crippen LogP contribution in [0.5, 0.6) is 0 Å². The predicted octanol–water partition coefficient (Wildman–Crippen LogP) is 6.06. The van der Waals surface area contributed by atoms with Crippen molar-refractivity contribution in [3.8, 4) is 0 Å². The summed E-state index contributed by atoms with van der Waals surface area (Å²) >= 11 is 0. The maximum absolute atomic E-state index is 12.2. The molecule has 6 rings (SSSR count). The molecule has 9 atom stereocenters. The molecule has 2 nitrogen and oxygen atoms in total. The number of carbonyl (C=O) groups is 1. The standard InChI is InChI=1S/C26H37NO/c1-3-25-10-9-19-18-8-7-17(28)11-16(18)12-20(15-5-6-15)23(19)24(25)21-13-22(21)26(25,4-2)14-27/h11,14-15,18-24,27H,3-10,12-13H2,1-2H3. The molecule has 5 saturated carbocycles. The van der Waals surface area contributed by atoms with E-state index in [4.69, 9.17) is 5.41 Å². The number of fused-ring (bicyclic) bond motifs is 7. The number of nitrogens with one attached hydrogen (secondary N) is 1. The van der Waals surface area contributed by atoms with E-state index in [2.05, 4.69) is 19.9 Å². The van der Waals surface area contributed by atoms with Crippen LogP contribution < -0.4 is 0 Å². The lowest BCUT2D eigenvalue weighted by Crippen LogP contribution is -2.55. The number of hydrogen-bond acceptors (Lipinski definition) is 2. The van der Waals surface area contributed by atoms with E-state index < -0.39 is 0 Å². The van der Waals surface area contributed by atoms with Gasteiger partial charge in [0.2, 0.25) is 0 Å². The summed E-state index contributed by atoms with van der Waals surface area (Å²) in [5, 5.41) is 8.53. The van der Waals surface area contributed by atoms with Gasteiger partial charge < -0.3 is 5.41 Å². The summed E-state index contributed by atoms with van der Waals surface area (Å²) < 4.78 is 0. The summed E-state index contributed by atoms with van der Waals surface area (Å²) in [7, 11) is 0. The van der Waals surface area contributed by atoms with Crippen LogP contribution in [0.4, 0.5) is 0 Å². The maximum atomic E-state index is 12.2. The van der Waals surface area contributed by atoms with Gasteiger partial charge >= 0.3 is 0 Å². The molecule has 5 fully saturated rings. The molecule has 0 aromatic heterocycles. The number of rotatable bonds is 4. The predicted molar refractivity (Wildman–Crippen MR) is 112 cm³/mol. The molecule has 6 aliphatic carbocycles. The van der Waals surface area contributed by atoms with Crippen molar-refractivity contribution in [2.24, 2.45) is 58.2 Å². The second kappa shape index (κ2) is 5.82. The van der Waals surface area contributed by atoms with Crippen LogP contribution in [0, 0.1) is 63.6 Å². The molecule has 2 heteroatoms. The molecule has 0 aromatic carbocycles. The number of hydrogen-bond donors (Lipinski definition) is 1. The Labute approximate surface area is 170 Å². The van der Waals surface area contributed by atoms with Crippen molar-refractivity contribution in [2.75, 3.05) is 0 Å². The molecule has 0 bridgehead atoms. The fraction of sp³-hybridized carbons (Fsp3) is 0.846. The van der Waals surface area contributed by atoms with Gasteiger partial charge in [0.1, 0.15) is 0 Å². The van der Waals surface area contributed by atoms with E-state index in [0.29, 0.717) is 17.1 Å². The van der Waals surface area contributed by atoms with Gasteiger partial charge in [-0.25, -0.2) is 0 Å². The van der Waals surface area contributed by atoms with Crippen molar-refractivity contribution < 1.29 is 4.79 Å². The minimum absolute atomic E-state index is 0.189. The minimum atomic E-state index is 0.189. The van der Waals surface area contributed by atoms with Crippen molar-refractivity contribution in [2.45, 2.75) is 78.1 Å². The molecule has 28 heavy (non-hydrogen) atoms. The van der Waals surface area contributed by atoms with Crippen molar-refractivity contribution in [1.29, 1.82) is 5.41 Å². The first-order chi connectivity index (χ1) is 13.6. The third-order valence-electron chi connectivity index (χ3n) is 11.1. The Bertz CT molecular complexity index is 750. The van der Waals surface area contributed by atoms with E-state index in [0.717, 1.165) is 54.3 Å². The van der Waals surface area contributed by atoms with Crippen LogP contribution in [0.15, 0.2) is 11.6 Å². The first-order valence-electron chi connectivity index (χ1n) is 12.3. The molecule has 152 valence electrons. The molecule has 6 aliphatic rings. The Balaban J connectivity index is 1.45. The molecular formula is C26H37NO. The lowest BCUT2D eigenvalue weighted by atomic mass is 9.43. The van der Waals surface area contributed by atoms with Crippen LogP contribution in [0.1, 0.15) is 78.1 Å². The van der Waals surface area contributed by atoms with E-state index in [1.54, 1.807) is 5.57 Å². The molecule has 0 saturated heterocycles. The average molecular weight is 380 g/mol. The summed E-state index contributed by atoms with van der Waals surface area (Å²) in [6.07, 6.45) is 16.6. The van der Waals surface area contributed by atoms with Crippen molar-refractivity contribution in [3.63, 3.8) is 0 Å². The summed E-state index contributed by atoms with van der Waals surface area (Å²) in [6, 6.07) is 0. The summed E-state index contributed by atoms with van der Waals surface area (Å²) in [6.45, 7) is 4.82. The third kappa shape index (κ3) is 2.01. The Kier molecular flexibility index (Phi) is 3.72. The molecule has 0 spiro atoms. The minimum Gasteiger partial charge on any atom is -0.312 e. The fourth-order valence-corrected chi connectivity index (χ4v) is 9.97. The fourth-order valence-electron chi connectivity index (χ4n) is 9.97. The SMILES string of the molecule is CCC1(C=N)C2CC2C2C3C(C4CC4)CC4=CC(=O)CCC4C3CCC21CC. The van der Waals surface area contributed by atoms with Gasteiger partial charge in [-0.2, -0.15) is 0 Å². The number of allylic oxidation sites excluding steroid dienone is 1. The average Bonchev–Trinajstić information content (AvgIpc) is 3.63. The second-order valence-electron chi connectivity index (χ2n) is 11.4. The Morgan fingerprint density at radius 2 is 1.93 bits per heavy atom. The van der Waals surface area contributed by atoms with Gasteiger partial charge in [-0.1, -0.05) is 19.4 Å². The Morgan fingerprint density at radius 3 is 2.61 bits per heavy atom. The molecule has 1 N–H and O–H groups in total. The van der Waals surface area contributed by atoms with Gasteiger partial charge in [0.15, 0.2) is 5.78 Å². The third-order valence-corrected chi connectivity index (χ3v) is 11.1. The van der Waals surface area contributed by atoms with Crippen LogP contribution >= 0.6 is 0 Å². The summed E-state index contributed by atoms with van der Waals surface area (Å²) in [4.78, 5) is 12.2. The lowest BCUT2D eigenvalue weighted by molar-refractivity contribution is -0.118. The van der Waals surface area contributed by atoms with E-state index in [1.165, 1.54) is 51.4 Å². The zero-order chi connectivity index (χ0) is 19.3. The zero-order valence-electron chi connectivity index (χ0n) is 17.8. The summed E-state index contributed by atoms with van der Waals surface area (Å²) in [5.74, 6) is 7.20. The molecule has 9 unspecified atom stereocenters. The molecule has 0 amide bonds. The quantitative estimate of drug-likeness (QED) is 0.593. The smallest absolute Gasteiger partial charge is 0.155 e. The Morgan fingerprint density at radius 1 is 1.11 bits per heavy atom. The highest BCUT2D eigenvalue weighted by molar-refractivity contribution is 5.91. The number of carbonyl (C=O) groups excluding carboxylic acids is 1. The van der Waals surface area contributed by atoms with Crippen molar-refractivity contribution in [3.05, 3.63) is 11.6 Å². The van der Waals surface area contributed by atoms with E-state index in [1.807, 2.05) is 6.21 Å². The highest BCUT2D eigenvalue weighted by Gasteiger charge is 2.76. The normalized spacial score (nSPS) is 54.1. The highest BCUT2D eigenvalue weighted by atomic mass is 16.1. The van der Waals surface area contributed by atoms with Gasteiger partial charge in [0, 0.05) is 18.1 Å². The van der Waals surface area contributed by atoms with Crippen LogP contribution in [-0.2, 0) is 4.79 Å². The monoisotopic (exact) mass is 379 g/mol. The van der Waals surface area contributed by atoms with Crippen molar-refractivity contribution >= 4 is 12.0 Å². The van der Waals surface area contributed by atoms with Gasteiger partial charge in [0.05, 0.1) is 0 Å². The zero-order valence-corrected chi connectivity index (χ0v) is 17.8. The van der Waals surface area contributed by atoms with E-state index in [-0.39, 0.29) is 5.41 Å². The van der Waals surface area contributed by atoms with Crippen LogP contribution in [0.2, 0.25) is 0 Å². The number of ketones is 1. The molecule has 0 heterocycles. The first-order valence-corrected chi connectivity index (χ1v) is 12.3. The van der Waals surface area contributed by atoms with E-state index >= 15 is 0 Å². The second-order valence-corrected chi connectivity index (χ2v) is 11.4. The topological polar surface area (TPSA) is 40.9 Å². The first kappa shape index (κ1) is 17.9. The van der Waals surface area contributed by atoms with Crippen molar-refractivity contribution in [1.82, 2.24) is 0 Å². The molecule has 0 radical (unpaired) electrons. The van der Waals surface area contributed by atoms with Crippen LogP contribution in [-0.4, -0.2) is 12.0 Å². The van der Waals surface area contributed by atoms with Crippen LogP contribution in [0.3, 0.4) is 0 Å². The lowest BCUT2D eigenvalue weighted by Gasteiger charge is -2.61. The largest absolute Gasteiger partial charge is 0.312 e. The Hall–Kier alpha value is -0.920. The van der Waals surface area contributed by atoms with Crippen LogP contribution in [0.25, 0.3) is 0 Å². The maximum Gasteiger partial charge on any atom is 0.155 e. The highest BCUT2D eigenvalue weighted by Crippen LogP contribution is 2.81. The van der Waals surface area contributed by atoms with Gasteiger partial charge in [-0.15, -0.1) is 0 Å². The van der Waals surface area contributed by atoms with Gasteiger partial charge in [0.25, 0.3) is 0 Å².